The second-order valence-electron chi connectivity index (χ2n) is 27.0. The van der Waals surface area contributed by atoms with Crippen LogP contribution in [-0.2, 0) is 64.7 Å². The molecule has 111 heavy (non-hydrogen) atoms. The van der Waals surface area contributed by atoms with Crippen molar-refractivity contribution in [1.82, 2.24) is 24.9 Å². The molecule has 0 bridgehead atoms. The summed E-state index contributed by atoms with van der Waals surface area (Å²) in [6.07, 6.45) is 2.14. The first-order valence-corrected chi connectivity index (χ1v) is 35.1. The molecule has 0 unspecified atom stereocenters. The van der Waals surface area contributed by atoms with E-state index in [9.17, 15) is 60.6 Å². The number of aromatic nitrogens is 5. The van der Waals surface area contributed by atoms with E-state index in [1.54, 1.807) is 141 Å². The molecule has 0 fully saturated rings. The minimum Gasteiger partial charge on any atom is -0.497 e. The number of halogens is 7. The zero-order valence-corrected chi connectivity index (χ0v) is 67.5. The summed E-state index contributed by atoms with van der Waals surface area (Å²) in [6.45, 7) is 20.9. The zero-order chi connectivity index (χ0) is 83.3. The number of nitrogens with zero attached hydrogens (tertiary/aromatic N) is 8. The van der Waals surface area contributed by atoms with E-state index in [0.29, 0.717) is 32.8 Å². The number of alkyl halides is 1. The third kappa shape index (κ3) is 31.4. The molecule has 0 aliphatic rings. The summed E-state index contributed by atoms with van der Waals surface area (Å²) in [4.78, 5) is 107. The molecule has 0 saturated heterocycles. The van der Waals surface area contributed by atoms with Crippen molar-refractivity contribution >= 4 is 97.4 Å². The number of nitrogens with one attached hydrogen (secondary N) is 1. The number of rotatable bonds is 18. The number of amides is 4. The van der Waals surface area contributed by atoms with E-state index in [-0.39, 0.29) is 59.3 Å². The topological polar surface area (TPSA) is 318 Å². The lowest BCUT2D eigenvalue weighted by Gasteiger charge is -2.27. The normalized spacial score (nSPS) is 10.9. The Morgan fingerprint density at radius 3 is 1.03 bits per heavy atom. The molecule has 598 valence electrons. The molecule has 34 heteroatoms. The predicted octanol–water partition coefficient (Wildman–Crippen LogP) is 16.8. The Labute approximate surface area is 656 Å². The van der Waals surface area contributed by atoms with Crippen LogP contribution >= 0.6 is 31.9 Å². The summed E-state index contributed by atoms with van der Waals surface area (Å²) in [5.41, 5.74) is -0.637. The number of carbonyl (C=O) groups excluding carboxylic acids is 7. The molecule has 3 aromatic carbocycles. The Hall–Kier alpha value is -11.1. The third-order valence-electron chi connectivity index (χ3n) is 13.7. The van der Waals surface area contributed by atoms with Crippen molar-refractivity contribution in [2.75, 3.05) is 62.7 Å². The molecule has 0 atom stereocenters. The second-order valence-corrected chi connectivity index (χ2v) is 28.3. The van der Waals surface area contributed by atoms with Crippen molar-refractivity contribution in [3.8, 4) is 17.2 Å². The van der Waals surface area contributed by atoms with E-state index >= 15 is 0 Å². The molecule has 0 spiro atoms. The maximum atomic E-state index is 13.9. The van der Waals surface area contributed by atoms with Crippen molar-refractivity contribution in [3.05, 3.63) is 212 Å². The van der Waals surface area contributed by atoms with Gasteiger partial charge in [-0.25, -0.2) is 80.4 Å². The molecule has 0 aliphatic heterocycles. The van der Waals surface area contributed by atoms with Crippen LogP contribution in [0.2, 0.25) is 0 Å². The van der Waals surface area contributed by atoms with E-state index < -0.39 is 100 Å². The number of aliphatic hydroxyl groups is 1. The number of methoxy groups -OCH3 is 6. The Morgan fingerprint density at radius 1 is 0.405 bits per heavy atom. The van der Waals surface area contributed by atoms with Gasteiger partial charge in [0, 0.05) is 16.5 Å². The monoisotopic (exact) mass is 1680 g/mol. The smallest absolute Gasteiger partial charge is 0.416 e. The number of anilines is 4. The Balaban J connectivity index is 0.000000299. The minimum absolute atomic E-state index is 0.00366. The number of pyridine rings is 5. The highest BCUT2D eigenvalue weighted by Gasteiger charge is 2.30. The van der Waals surface area contributed by atoms with Gasteiger partial charge in [-0.3, -0.25) is 20.0 Å². The number of benzene rings is 3. The first-order chi connectivity index (χ1) is 52.0. The van der Waals surface area contributed by atoms with Gasteiger partial charge in [-0.15, -0.1) is 0 Å². The van der Waals surface area contributed by atoms with Gasteiger partial charge < -0.3 is 52.5 Å². The highest BCUT2D eigenvalue weighted by molar-refractivity contribution is 9.10. The van der Waals surface area contributed by atoms with E-state index in [1.165, 1.54) is 40.0 Å². The fourth-order valence-corrected chi connectivity index (χ4v) is 9.33. The van der Waals surface area contributed by atoms with Crippen LogP contribution in [0.4, 0.5) is 64.4 Å². The first-order valence-electron chi connectivity index (χ1n) is 33.2. The number of esters is 3. The molecule has 0 aliphatic carbocycles. The van der Waals surface area contributed by atoms with Gasteiger partial charge in [-0.1, -0.05) is 52.3 Å². The van der Waals surface area contributed by atoms with Crippen LogP contribution in [0, 0.1) is 29.1 Å². The second kappa shape index (κ2) is 42.7. The minimum atomic E-state index is -0.866. The highest BCUT2D eigenvalue weighted by Crippen LogP contribution is 2.28. The largest absolute Gasteiger partial charge is 0.497 e. The molecule has 0 saturated carbocycles. The van der Waals surface area contributed by atoms with E-state index in [0.717, 1.165) is 79.8 Å². The van der Waals surface area contributed by atoms with Crippen molar-refractivity contribution < 1.29 is 108 Å². The van der Waals surface area contributed by atoms with Gasteiger partial charge in [-0.05, 0) is 182 Å². The molecular formula is C77H88Br2F5N9O18. The first kappa shape index (κ1) is 92.3. The van der Waals surface area contributed by atoms with Crippen molar-refractivity contribution in [3.63, 3.8) is 0 Å². The molecule has 5 aromatic heterocycles. The maximum absolute atomic E-state index is 13.9. The van der Waals surface area contributed by atoms with Crippen LogP contribution in [0.25, 0.3) is 0 Å². The number of aliphatic hydroxyl groups excluding tert-OH is 1. The summed E-state index contributed by atoms with van der Waals surface area (Å²) in [5.74, 6) is -3.20. The van der Waals surface area contributed by atoms with E-state index in [1.807, 2.05) is 36.4 Å². The van der Waals surface area contributed by atoms with Gasteiger partial charge in [-0.2, -0.15) is 0 Å². The molecule has 8 aromatic rings. The van der Waals surface area contributed by atoms with Crippen molar-refractivity contribution in [1.29, 1.82) is 0 Å². The van der Waals surface area contributed by atoms with Crippen LogP contribution in [0.15, 0.2) is 139 Å². The fraction of sp³-hybridized carbons (Fsp3) is 0.351. The van der Waals surface area contributed by atoms with E-state index in [2.05, 4.69) is 76.3 Å². The maximum Gasteiger partial charge on any atom is 0.416 e. The van der Waals surface area contributed by atoms with E-state index in [4.69, 9.17) is 33.2 Å². The number of carbonyl (C=O) groups is 7. The summed E-state index contributed by atoms with van der Waals surface area (Å²) < 4.78 is 118. The molecule has 4 amide bonds. The van der Waals surface area contributed by atoms with Crippen LogP contribution in [0.1, 0.15) is 142 Å². The van der Waals surface area contributed by atoms with Gasteiger partial charge in [0.1, 0.15) is 90.3 Å². The molecule has 0 radical (unpaired) electrons. The summed E-state index contributed by atoms with van der Waals surface area (Å²) in [7, 11) is 8.18. The average Bonchev–Trinajstić information content (AvgIpc) is 0.839. The molecule has 5 heterocycles. The summed E-state index contributed by atoms with van der Waals surface area (Å²) in [5, 5.41) is 11.9. The van der Waals surface area contributed by atoms with Gasteiger partial charge in [0.15, 0.2) is 17.5 Å². The molecule has 2 N–H and O–H groups in total. The van der Waals surface area contributed by atoms with Crippen molar-refractivity contribution in [2.45, 2.75) is 137 Å². The number of ether oxygens (including phenoxy) is 10. The van der Waals surface area contributed by atoms with Gasteiger partial charge >= 0.3 is 42.3 Å². The lowest BCUT2D eigenvalue weighted by atomic mass is 10.2. The SMILES string of the molecule is COC(=O)c1cc(Br)ncc1F.COC(=O)c1cc(N(Cc2ccc(OC)cc2)C(=O)OC(C)(C)C)ncc1F.COC(=O)c1cc(NC(=O)OC(C)(C)C)ncc1F.COc1ccc(CN(C(=O)OC(C)(C)C)c2cc(CBr)c(F)cn2)cc1.COc1ccc(CN(C(=O)OC(C)(C)C)c2cc(CO)c(F)cn2)cc1. The van der Waals surface area contributed by atoms with Crippen LogP contribution in [0.5, 0.6) is 17.2 Å². The van der Waals surface area contributed by atoms with Gasteiger partial charge in [0.05, 0.1) is 105 Å². The quantitative estimate of drug-likeness (QED) is 0.0265. The van der Waals surface area contributed by atoms with Gasteiger partial charge in [0.25, 0.3) is 0 Å². The molecule has 8 rings (SSSR count). The third-order valence-corrected chi connectivity index (χ3v) is 14.7. The van der Waals surface area contributed by atoms with Crippen molar-refractivity contribution in [2.24, 2.45) is 0 Å². The zero-order valence-electron chi connectivity index (χ0n) is 64.3. The molecule has 27 nitrogen and oxygen atoms in total. The Bertz CT molecular complexity index is 4320. The van der Waals surface area contributed by atoms with Crippen LogP contribution < -0.4 is 34.2 Å². The van der Waals surface area contributed by atoms with Crippen LogP contribution in [0.3, 0.4) is 0 Å². The van der Waals surface area contributed by atoms with Gasteiger partial charge in [0.2, 0.25) is 0 Å². The average molecular weight is 1680 g/mol. The highest BCUT2D eigenvalue weighted by atomic mass is 79.9. The number of hydrogen-bond acceptors (Lipinski definition) is 23. The lowest BCUT2D eigenvalue weighted by molar-refractivity contribution is 0.0564. The Morgan fingerprint density at radius 2 is 0.703 bits per heavy atom. The van der Waals surface area contributed by atoms with Crippen LogP contribution in [-0.4, -0.2) is 137 Å². The predicted molar refractivity (Wildman–Crippen MR) is 407 cm³/mol. The lowest BCUT2D eigenvalue weighted by Crippen LogP contribution is -2.37. The standard InChI is InChI=1S/C20H23FN2O5.C19H22BrFN2O3.C19H23FN2O4.C12H15FN2O4.C7H5BrFNO2/c1-20(2,3)28-19(25)23(12-13-6-8-14(26-4)9-7-13)17-10-15(18(24)27-5)16(21)11-22-17;1-19(2,3)26-18(24)23(12-13-5-7-15(25-4)8-6-13)17-9-14(10-20)16(21)11-22-17;1-19(2,3)26-18(24)22(11-13-5-7-15(25-4)8-6-13)17-9-14(12-23)16(20)10-21-17;1-12(2,3)19-11(17)15-9-5-7(10(16)18-4)8(13)6-14-9;1-12-7(11)4-2-6(8)10-3-5(4)9/h6-11H,12H2,1-5H3;5-9,11H,10,12H2,1-4H3;5-10,23H,11-12H2,1-4H3;5-6H,1-4H3,(H,14,15,17);2-3H,1H3. The molecular weight excluding hydrogens is 1590 g/mol. The fourth-order valence-electron chi connectivity index (χ4n) is 8.57. The summed E-state index contributed by atoms with van der Waals surface area (Å²) in [6, 6.07) is 27.9. The summed E-state index contributed by atoms with van der Waals surface area (Å²) >= 11 is 6.25. The number of hydrogen-bond donors (Lipinski definition) is 2. The Kier molecular flexibility index (Phi) is 35.5.